The van der Waals surface area contributed by atoms with Crippen LogP contribution in [0.5, 0.6) is 5.75 Å². The van der Waals surface area contributed by atoms with E-state index in [0.717, 1.165) is 48.1 Å². The number of rotatable bonds is 7. The molecule has 0 radical (unpaired) electrons. The maximum absolute atomic E-state index is 13.6. The minimum Gasteiger partial charge on any atom is -0.497 e. The van der Waals surface area contributed by atoms with Gasteiger partial charge < -0.3 is 14.2 Å². The second kappa shape index (κ2) is 11.3. The van der Waals surface area contributed by atoms with E-state index in [4.69, 9.17) is 14.2 Å². The lowest BCUT2D eigenvalue weighted by atomic mass is 9.73. The number of fused-ring (bicyclic) bond motifs is 4. The Morgan fingerprint density at radius 1 is 1.15 bits per heavy atom. The number of methoxy groups -OCH3 is 1. The highest BCUT2D eigenvalue weighted by atomic mass is 16.6. The molecular weight excluding hydrogens is 506 g/mol. The van der Waals surface area contributed by atoms with Crippen LogP contribution in [0.3, 0.4) is 0 Å². The summed E-state index contributed by atoms with van der Waals surface area (Å²) in [6.07, 6.45) is 4.81. The summed E-state index contributed by atoms with van der Waals surface area (Å²) in [6.45, 7) is 11.3. The molecule has 3 unspecified atom stereocenters. The van der Waals surface area contributed by atoms with Gasteiger partial charge in [-0.2, -0.15) is 0 Å². The maximum Gasteiger partial charge on any atom is 0.412 e. The van der Waals surface area contributed by atoms with Gasteiger partial charge in [0, 0.05) is 29.4 Å². The first-order chi connectivity index (χ1) is 19.1. The molecule has 1 amide bonds. The maximum atomic E-state index is 13.6. The quantitative estimate of drug-likeness (QED) is 0.273. The highest BCUT2D eigenvalue weighted by Crippen LogP contribution is 2.44. The summed E-state index contributed by atoms with van der Waals surface area (Å²) >= 11 is 0. The van der Waals surface area contributed by atoms with Crippen LogP contribution in [0.2, 0.25) is 0 Å². The molecule has 4 heterocycles. The minimum atomic E-state index is -0.607. The van der Waals surface area contributed by atoms with Crippen molar-refractivity contribution in [2.24, 2.45) is 11.8 Å². The van der Waals surface area contributed by atoms with Gasteiger partial charge in [-0.3, -0.25) is 15.2 Å². The molecule has 6 rings (SSSR count). The fraction of sp³-hybridized carbons (Fsp3) is 0.406. The Morgan fingerprint density at radius 2 is 1.93 bits per heavy atom. The molecule has 3 fully saturated rings. The molecule has 40 heavy (non-hydrogen) atoms. The number of aromatic nitrogens is 1. The SMILES string of the molecule is C=C[C@H]1CN2CCC1CC2[C@H](OC(=O)c1ccc(NC(=O)OC(C)(C)C)cc1)c1ccnc2ccc(OC)cc12. The van der Waals surface area contributed by atoms with Gasteiger partial charge in [0.05, 0.1) is 24.2 Å². The number of anilines is 1. The Labute approximate surface area is 235 Å². The van der Waals surface area contributed by atoms with Crippen LogP contribution >= 0.6 is 0 Å². The summed E-state index contributed by atoms with van der Waals surface area (Å²) in [4.78, 5) is 32.7. The number of nitrogens with zero attached hydrogens (tertiary/aromatic N) is 2. The Hall–Kier alpha value is -3.91. The Balaban J connectivity index is 1.43. The molecule has 0 saturated carbocycles. The number of piperidine rings is 3. The smallest absolute Gasteiger partial charge is 0.412 e. The molecule has 0 spiro atoms. The standard InChI is InChI=1S/C32H37N3O5/c1-6-20-19-35-16-14-22(20)17-28(35)29(25-13-15-33-27-12-11-24(38-5)18-26(25)27)39-30(36)21-7-9-23(10-8-21)34-31(37)40-32(2,3)4/h6-13,15,18,20,22,28-29H,1,14,16-17,19H2,2-5H3,(H,34,37)/t20-,22?,28?,29+/m0/s1. The number of nitrogens with one attached hydrogen (secondary N) is 1. The molecule has 210 valence electrons. The van der Waals surface area contributed by atoms with Crippen LogP contribution in [0.4, 0.5) is 10.5 Å². The van der Waals surface area contributed by atoms with Gasteiger partial charge in [-0.25, -0.2) is 9.59 Å². The topological polar surface area (TPSA) is 90.0 Å². The summed E-state index contributed by atoms with van der Waals surface area (Å²) in [5.74, 6) is 1.25. The molecule has 3 aromatic rings. The van der Waals surface area contributed by atoms with Crippen molar-refractivity contribution in [3.8, 4) is 5.75 Å². The number of hydrogen-bond donors (Lipinski definition) is 1. The second-order valence-electron chi connectivity index (χ2n) is 11.6. The third kappa shape index (κ3) is 5.97. The van der Waals surface area contributed by atoms with Gasteiger partial charge in [0.15, 0.2) is 0 Å². The normalized spacial score (nSPS) is 22.8. The lowest BCUT2D eigenvalue weighted by molar-refractivity contribution is -0.0568. The van der Waals surface area contributed by atoms with Crippen molar-refractivity contribution >= 4 is 28.7 Å². The van der Waals surface area contributed by atoms with Gasteiger partial charge in [-0.1, -0.05) is 6.08 Å². The van der Waals surface area contributed by atoms with E-state index in [2.05, 4.69) is 27.9 Å². The van der Waals surface area contributed by atoms with Gasteiger partial charge in [-0.05, 0) is 101 Å². The van der Waals surface area contributed by atoms with Crippen LogP contribution in [0.1, 0.15) is 55.6 Å². The van der Waals surface area contributed by atoms with Crippen LogP contribution in [-0.4, -0.2) is 53.8 Å². The van der Waals surface area contributed by atoms with E-state index in [1.807, 2.05) is 24.3 Å². The Morgan fingerprint density at radius 3 is 2.58 bits per heavy atom. The summed E-state index contributed by atoms with van der Waals surface area (Å²) < 4.78 is 17.2. The molecular formula is C32H37N3O5. The van der Waals surface area contributed by atoms with E-state index in [9.17, 15) is 9.59 Å². The summed E-state index contributed by atoms with van der Waals surface area (Å²) in [7, 11) is 1.64. The summed E-state index contributed by atoms with van der Waals surface area (Å²) in [5, 5.41) is 3.60. The molecule has 1 N–H and O–H groups in total. The molecule has 8 nitrogen and oxygen atoms in total. The molecule has 2 bridgehead atoms. The van der Waals surface area contributed by atoms with E-state index < -0.39 is 23.8 Å². The van der Waals surface area contributed by atoms with E-state index >= 15 is 0 Å². The van der Waals surface area contributed by atoms with Crippen molar-refractivity contribution in [3.63, 3.8) is 0 Å². The van der Waals surface area contributed by atoms with Crippen molar-refractivity contribution < 1.29 is 23.8 Å². The molecule has 0 aliphatic carbocycles. The van der Waals surface area contributed by atoms with Gasteiger partial charge in [-0.15, -0.1) is 6.58 Å². The van der Waals surface area contributed by atoms with E-state index in [1.165, 1.54) is 0 Å². The van der Waals surface area contributed by atoms with Gasteiger partial charge in [0.2, 0.25) is 0 Å². The molecule has 3 aliphatic rings. The Kier molecular flexibility index (Phi) is 7.81. The highest BCUT2D eigenvalue weighted by Gasteiger charge is 2.44. The largest absolute Gasteiger partial charge is 0.497 e. The average molecular weight is 544 g/mol. The van der Waals surface area contributed by atoms with Crippen LogP contribution in [0.15, 0.2) is 67.4 Å². The van der Waals surface area contributed by atoms with Gasteiger partial charge >= 0.3 is 12.1 Å². The first kappa shape index (κ1) is 27.6. The highest BCUT2D eigenvalue weighted by molar-refractivity contribution is 5.92. The van der Waals surface area contributed by atoms with Gasteiger partial charge in [0.25, 0.3) is 0 Å². The third-order valence-electron chi connectivity index (χ3n) is 7.79. The fourth-order valence-electron chi connectivity index (χ4n) is 5.86. The number of carbonyl (C=O) groups is 2. The van der Waals surface area contributed by atoms with E-state index in [0.29, 0.717) is 23.1 Å². The Bertz CT molecular complexity index is 1400. The number of hydrogen-bond acceptors (Lipinski definition) is 7. The zero-order valence-corrected chi connectivity index (χ0v) is 23.6. The predicted octanol–water partition coefficient (Wildman–Crippen LogP) is 6.38. The number of ether oxygens (including phenoxy) is 3. The number of amides is 1. The number of benzene rings is 2. The summed E-state index contributed by atoms with van der Waals surface area (Å²) in [5.41, 5.74) is 2.05. The minimum absolute atomic E-state index is 0.0313. The molecule has 3 saturated heterocycles. The second-order valence-corrected chi connectivity index (χ2v) is 11.6. The van der Waals surface area contributed by atoms with Crippen LogP contribution < -0.4 is 10.1 Å². The number of pyridine rings is 1. The summed E-state index contributed by atoms with van der Waals surface area (Å²) in [6, 6.07) is 14.4. The average Bonchev–Trinajstić information content (AvgIpc) is 2.94. The van der Waals surface area contributed by atoms with Crippen molar-refractivity contribution in [2.45, 2.75) is 51.4 Å². The molecule has 2 aromatic carbocycles. The first-order valence-electron chi connectivity index (χ1n) is 13.8. The lowest BCUT2D eigenvalue weighted by Gasteiger charge is -2.51. The van der Waals surface area contributed by atoms with Crippen molar-refractivity contribution in [3.05, 3.63) is 78.5 Å². The van der Waals surface area contributed by atoms with Gasteiger partial charge in [0.1, 0.15) is 17.5 Å². The van der Waals surface area contributed by atoms with Crippen molar-refractivity contribution in [1.82, 2.24) is 9.88 Å². The zero-order valence-electron chi connectivity index (χ0n) is 23.6. The van der Waals surface area contributed by atoms with Crippen LogP contribution in [0.25, 0.3) is 10.9 Å². The zero-order chi connectivity index (χ0) is 28.4. The lowest BCUT2D eigenvalue weighted by Crippen LogP contribution is -2.55. The number of carbonyl (C=O) groups excluding carboxylic acids is 2. The van der Waals surface area contributed by atoms with Crippen molar-refractivity contribution in [2.75, 3.05) is 25.5 Å². The van der Waals surface area contributed by atoms with Crippen LogP contribution in [0, 0.1) is 11.8 Å². The monoisotopic (exact) mass is 543 g/mol. The molecule has 3 aliphatic heterocycles. The van der Waals surface area contributed by atoms with Crippen molar-refractivity contribution in [1.29, 1.82) is 0 Å². The molecule has 8 heteroatoms. The van der Waals surface area contributed by atoms with E-state index in [1.54, 1.807) is 58.3 Å². The predicted molar refractivity (Wildman–Crippen MR) is 155 cm³/mol. The van der Waals surface area contributed by atoms with Crippen LogP contribution in [-0.2, 0) is 9.47 Å². The van der Waals surface area contributed by atoms with E-state index in [-0.39, 0.29) is 6.04 Å². The third-order valence-corrected chi connectivity index (χ3v) is 7.79. The molecule has 1 aromatic heterocycles. The number of esters is 1. The first-order valence-corrected chi connectivity index (χ1v) is 13.8. The fourth-order valence-corrected chi connectivity index (χ4v) is 5.86. The molecule has 5 atom stereocenters.